The first kappa shape index (κ1) is 16.4. The highest BCUT2D eigenvalue weighted by Gasteiger charge is 2.35. The highest BCUT2D eigenvalue weighted by atomic mass is 32.1. The SMILES string of the molecule is COc1cc(C2=NN(C(=O)c3ccco3)C(c3cccs3)C2)ccc1O. The van der Waals surface area contributed by atoms with Crippen molar-refractivity contribution in [3.63, 3.8) is 0 Å². The molecule has 0 spiro atoms. The molecule has 6 nitrogen and oxygen atoms in total. The number of carbonyl (C=O) groups is 1. The number of hydrogen-bond acceptors (Lipinski definition) is 6. The first-order valence-corrected chi connectivity index (χ1v) is 8.90. The molecule has 2 aromatic heterocycles. The number of phenolic OH excluding ortho intramolecular Hbond substituents is 1. The van der Waals surface area contributed by atoms with Gasteiger partial charge >= 0.3 is 5.91 Å². The molecule has 0 aliphatic carbocycles. The average molecular weight is 368 g/mol. The zero-order valence-electron chi connectivity index (χ0n) is 14.0. The van der Waals surface area contributed by atoms with E-state index in [0.29, 0.717) is 12.2 Å². The molecule has 1 aliphatic rings. The first-order valence-electron chi connectivity index (χ1n) is 8.02. The fourth-order valence-corrected chi connectivity index (χ4v) is 3.76. The maximum Gasteiger partial charge on any atom is 0.310 e. The van der Waals surface area contributed by atoms with Crippen LogP contribution in [0.5, 0.6) is 11.5 Å². The molecule has 3 aromatic rings. The number of thiophene rings is 1. The van der Waals surface area contributed by atoms with E-state index in [4.69, 9.17) is 9.15 Å². The predicted molar refractivity (Wildman–Crippen MR) is 97.8 cm³/mol. The number of benzene rings is 1. The number of aromatic hydroxyl groups is 1. The van der Waals surface area contributed by atoms with Crippen LogP contribution in [0.2, 0.25) is 0 Å². The van der Waals surface area contributed by atoms with E-state index in [9.17, 15) is 9.90 Å². The van der Waals surface area contributed by atoms with Crippen LogP contribution in [0.3, 0.4) is 0 Å². The maximum atomic E-state index is 12.8. The first-order chi connectivity index (χ1) is 12.7. The Balaban J connectivity index is 1.72. The number of rotatable bonds is 4. The van der Waals surface area contributed by atoms with Crippen molar-refractivity contribution in [1.29, 1.82) is 0 Å². The summed E-state index contributed by atoms with van der Waals surface area (Å²) in [6, 6.07) is 12.1. The Hall–Kier alpha value is -3.06. The van der Waals surface area contributed by atoms with Gasteiger partial charge in [0.15, 0.2) is 17.3 Å². The Morgan fingerprint density at radius 3 is 2.92 bits per heavy atom. The molecule has 0 bridgehead atoms. The summed E-state index contributed by atoms with van der Waals surface area (Å²) < 4.78 is 10.4. The lowest BCUT2D eigenvalue weighted by Gasteiger charge is -2.19. The van der Waals surface area contributed by atoms with Crippen LogP contribution in [0.1, 0.15) is 33.5 Å². The zero-order valence-corrected chi connectivity index (χ0v) is 14.8. The molecule has 3 heterocycles. The third-order valence-corrected chi connectivity index (χ3v) is 5.21. The lowest BCUT2D eigenvalue weighted by atomic mass is 10.0. The van der Waals surface area contributed by atoms with Gasteiger partial charge in [0, 0.05) is 16.9 Å². The van der Waals surface area contributed by atoms with Crippen molar-refractivity contribution in [3.05, 3.63) is 70.3 Å². The summed E-state index contributed by atoms with van der Waals surface area (Å²) in [6.45, 7) is 0. The molecule has 0 saturated heterocycles. The topological polar surface area (TPSA) is 75.3 Å². The molecule has 132 valence electrons. The summed E-state index contributed by atoms with van der Waals surface area (Å²) >= 11 is 1.58. The number of nitrogens with zero attached hydrogens (tertiary/aromatic N) is 2. The standard InChI is InChI=1S/C19H16N2O4S/c1-24-17-10-12(6-7-15(17)22)13-11-14(18-5-3-9-26-18)21(20-13)19(23)16-4-2-8-25-16/h2-10,14,22H,11H2,1H3. The van der Waals surface area contributed by atoms with Crippen molar-refractivity contribution in [2.75, 3.05) is 7.11 Å². The molecule has 1 aromatic carbocycles. The Labute approximate surface area is 153 Å². The van der Waals surface area contributed by atoms with Gasteiger partial charge in [0.1, 0.15) is 0 Å². The van der Waals surface area contributed by atoms with Gasteiger partial charge in [0.2, 0.25) is 0 Å². The lowest BCUT2D eigenvalue weighted by Crippen LogP contribution is -2.26. The molecule has 0 radical (unpaired) electrons. The highest BCUT2D eigenvalue weighted by Crippen LogP contribution is 2.37. The number of furan rings is 1. The number of carbonyl (C=O) groups excluding carboxylic acids is 1. The summed E-state index contributed by atoms with van der Waals surface area (Å²) in [6.07, 6.45) is 2.04. The van der Waals surface area contributed by atoms with E-state index >= 15 is 0 Å². The molecule has 1 unspecified atom stereocenters. The van der Waals surface area contributed by atoms with Crippen LogP contribution in [0, 0.1) is 0 Å². The van der Waals surface area contributed by atoms with Gasteiger partial charge in [-0.3, -0.25) is 4.79 Å². The number of amides is 1. The van der Waals surface area contributed by atoms with Gasteiger partial charge in [-0.2, -0.15) is 5.10 Å². The molecule has 26 heavy (non-hydrogen) atoms. The number of phenols is 1. The minimum absolute atomic E-state index is 0.0631. The Kier molecular flexibility index (Phi) is 4.22. The van der Waals surface area contributed by atoms with E-state index in [2.05, 4.69) is 5.10 Å². The molecule has 1 amide bonds. The van der Waals surface area contributed by atoms with Crippen molar-refractivity contribution in [3.8, 4) is 11.5 Å². The van der Waals surface area contributed by atoms with Crippen LogP contribution < -0.4 is 4.74 Å². The van der Waals surface area contributed by atoms with Crippen LogP contribution in [-0.4, -0.2) is 28.8 Å². The Bertz CT molecular complexity index is 948. The quantitative estimate of drug-likeness (QED) is 0.754. The third-order valence-electron chi connectivity index (χ3n) is 4.23. The molecule has 1 atom stereocenters. The summed E-state index contributed by atoms with van der Waals surface area (Å²) in [5.41, 5.74) is 1.55. The van der Waals surface area contributed by atoms with Crippen LogP contribution >= 0.6 is 11.3 Å². The predicted octanol–water partition coefficient (Wildman–Crippen LogP) is 4.05. The molecular formula is C19H16N2O4S. The van der Waals surface area contributed by atoms with Gasteiger partial charge in [-0.15, -0.1) is 11.3 Å². The fraction of sp³-hybridized carbons (Fsp3) is 0.158. The molecule has 1 aliphatic heterocycles. The largest absolute Gasteiger partial charge is 0.504 e. The second-order valence-electron chi connectivity index (χ2n) is 5.80. The lowest BCUT2D eigenvalue weighted by molar-refractivity contribution is 0.0681. The van der Waals surface area contributed by atoms with E-state index < -0.39 is 0 Å². The molecule has 7 heteroatoms. The van der Waals surface area contributed by atoms with Gasteiger partial charge in [-0.25, -0.2) is 5.01 Å². The average Bonchev–Trinajstić information content (AvgIpc) is 3.42. The van der Waals surface area contributed by atoms with Gasteiger partial charge in [0.05, 0.1) is 25.1 Å². The van der Waals surface area contributed by atoms with E-state index in [1.165, 1.54) is 18.4 Å². The number of methoxy groups -OCH3 is 1. The van der Waals surface area contributed by atoms with E-state index in [1.54, 1.807) is 41.7 Å². The number of hydrogen-bond donors (Lipinski definition) is 1. The summed E-state index contributed by atoms with van der Waals surface area (Å²) in [5.74, 6) is 0.399. The van der Waals surface area contributed by atoms with Crippen molar-refractivity contribution < 1.29 is 19.1 Å². The number of hydrazone groups is 1. The monoisotopic (exact) mass is 368 g/mol. The number of ether oxygens (including phenoxy) is 1. The third kappa shape index (κ3) is 2.86. The van der Waals surface area contributed by atoms with E-state index in [1.807, 2.05) is 17.5 Å². The second kappa shape index (κ2) is 6.68. The molecule has 0 saturated carbocycles. The van der Waals surface area contributed by atoms with Gasteiger partial charge in [0.25, 0.3) is 0 Å². The van der Waals surface area contributed by atoms with Crippen molar-refractivity contribution in [2.24, 2.45) is 5.10 Å². The molecule has 0 fully saturated rings. The summed E-state index contributed by atoms with van der Waals surface area (Å²) in [7, 11) is 1.50. The summed E-state index contributed by atoms with van der Waals surface area (Å²) in [5, 5.41) is 17.8. The van der Waals surface area contributed by atoms with Gasteiger partial charge < -0.3 is 14.3 Å². The highest BCUT2D eigenvalue weighted by molar-refractivity contribution is 7.10. The maximum absolute atomic E-state index is 12.8. The smallest absolute Gasteiger partial charge is 0.310 e. The minimum Gasteiger partial charge on any atom is -0.504 e. The fourth-order valence-electron chi connectivity index (χ4n) is 2.94. The minimum atomic E-state index is -0.283. The van der Waals surface area contributed by atoms with Crippen LogP contribution in [0.25, 0.3) is 0 Å². The van der Waals surface area contributed by atoms with Crippen LogP contribution in [-0.2, 0) is 0 Å². The molecule has 1 N–H and O–H groups in total. The van der Waals surface area contributed by atoms with Crippen molar-refractivity contribution >= 4 is 23.0 Å². The van der Waals surface area contributed by atoms with Crippen LogP contribution in [0.4, 0.5) is 0 Å². The molecule has 4 rings (SSSR count). The van der Waals surface area contributed by atoms with E-state index in [0.717, 1.165) is 16.2 Å². The summed E-state index contributed by atoms with van der Waals surface area (Å²) in [4.78, 5) is 13.9. The normalized spacial score (nSPS) is 16.6. The van der Waals surface area contributed by atoms with Crippen molar-refractivity contribution in [1.82, 2.24) is 5.01 Å². The Morgan fingerprint density at radius 2 is 2.23 bits per heavy atom. The van der Waals surface area contributed by atoms with E-state index in [-0.39, 0.29) is 23.5 Å². The van der Waals surface area contributed by atoms with Gasteiger partial charge in [-0.1, -0.05) is 6.07 Å². The Morgan fingerprint density at radius 1 is 1.35 bits per heavy atom. The zero-order chi connectivity index (χ0) is 18.1. The van der Waals surface area contributed by atoms with Crippen LogP contribution in [0.15, 0.2) is 63.6 Å². The molecular weight excluding hydrogens is 352 g/mol. The van der Waals surface area contributed by atoms with Crippen molar-refractivity contribution in [2.45, 2.75) is 12.5 Å². The van der Waals surface area contributed by atoms with Gasteiger partial charge in [-0.05, 0) is 41.8 Å². The second-order valence-corrected chi connectivity index (χ2v) is 6.77.